The third kappa shape index (κ3) is 5.59. The molecule has 6 nitrogen and oxygen atoms in total. The topological polar surface area (TPSA) is 73.2 Å². The van der Waals surface area contributed by atoms with Crippen LogP contribution in [0.25, 0.3) is 21.8 Å². The monoisotopic (exact) mass is 475 g/mol. The predicted octanol–water partition coefficient (Wildman–Crippen LogP) is 5.44. The third-order valence-corrected chi connectivity index (χ3v) is 6.75. The average molecular weight is 476 g/mol. The molecule has 176 valence electrons. The van der Waals surface area contributed by atoms with Gasteiger partial charge in [0.2, 0.25) is 0 Å². The van der Waals surface area contributed by atoms with Gasteiger partial charge in [-0.2, -0.15) is 0 Å². The minimum Gasteiger partial charge on any atom is -0.461 e. The van der Waals surface area contributed by atoms with E-state index in [-0.39, 0.29) is 24.5 Å². The van der Waals surface area contributed by atoms with Gasteiger partial charge in [0.25, 0.3) is 5.91 Å². The first-order chi connectivity index (χ1) is 16.6. The second-order valence-corrected chi connectivity index (χ2v) is 9.22. The molecule has 0 aliphatic carbocycles. The van der Waals surface area contributed by atoms with Crippen molar-refractivity contribution in [2.75, 3.05) is 12.3 Å². The molecule has 1 amide bonds. The summed E-state index contributed by atoms with van der Waals surface area (Å²) in [5.41, 5.74) is 2.45. The zero-order valence-electron chi connectivity index (χ0n) is 19.5. The first kappa shape index (κ1) is 23.8. The highest BCUT2D eigenvalue weighted by molar-refractivity contribution is 7.99. The Balaban J connectivity index is 1.35. The van der Waals surface area contributed by atoms with Crippen LogP contribution in [0.3, 0.4) is 0 Å². The van der Waals surface area contributed by atoms with Crippen molar-refractivity contribution in [3.8, 4) is 0 Å². The number of fused-ring (bicyclic) bond motifs is 2. The Bertz CT molecular complexity index is 1300. The maximum atomic E-state index is 12.7. The molecule has 0 fully saturated rings. The number of esters is 1. The van der Waals surface area contributed by atoms with Crippen LogP contribution in [0.4, 0.5) is 0 Å². The first-order valence-electron chi connectivity index (χ1n) is 11.6. The number of amides is 1. The standard InChI is InChI=1S/C27H29N3O3S/c1-3-19(2)33-25(31)18-30-24-15-7-6-14-23(24)29-27(30)34-17-9-16-28-26(32)22-13-8-11-20-10-4-5-12-21(20)22/h4-8,10-15,19H,3,9,16-18H2,1-2H3,(H,28,32). The fourth-order valence-corrected chi connectivity index (χ4v) is 4.70. The molecule has 0 radical (unpaired) electrons. The van der Waals surface area contributed by atoms with Crippen molar-refractivity contribution in [2.24, 2.45) is 0 Å². The maximum Gasteiger partial charge on any atom is 0.326 e. The second-order valence-electron chi connectivity index (χ2n) is 8.16. The van der Waals surface area contributed by atoms with Crippen molar-refractivity contribution in [1.29, 1.82) is 0 Å². The highest BCUT2D eigenvalue weighted by Gasteiger charge is 2.16. The highest BCUT2D eigenvalue weighted by Crippen LogP contribution is 2.25. The fraction of sp³-hybridized carbons (Fsp3) is 0.296. The number of benzene rings is 3. The Hall–Kier alpha value is -3.32. The Morgan fingerprint density at radius 2 is 1.82 bits per heavy atom. The van der Waals surface area contributed by atoms with Gasteiger partial charge < -0.3 is 14.6 Å². The van der Waals surface area contributed by atoms with Gasteiger partial charge in [-0.1, -0.05) is 67.2 Å². The number of hydrogen-bond acceptors (Lipinski definition) is 5. The van der Waals surface area contributed by atoms with Crippen molar-refractivity contribution in [3.05, 3.63) is 72.3 Å². The average Bonchev–Trinajstić information content (AvgIpc) is 3.20. The minimum atomic E-state index is -0.262. The summed E-state index contributed by atoms with van der Waals surface area (Å²) in [6.45, 7) is 4.58. The number of imidazole rings is 1. The van der Waals surface area contributed by atoms with Gasteiger partial charge in [-0.15, -0.1) is 0 Å². The van der Waals surface area contributed by atoms with Crippen LogP contribution in [0, 0.1) is 0 Å². The van der Waals surface area contributed by atoms with Crippen LogP contribution in [-0.2, 0) is 16.1 Å². The summed E-state index contributed by atoms with van der Waals surface area (Å²) >= 11 is 1.58. The van der Waals surface area contributed by atoms with E-state index in [1.807, 2.05) is 85.1 Å². The Morgan fingerprint density at radius 3 is 2.68 bits per heavy atom. The molecule has 1 N–H and O–H groups in total. The first-order valence-corrected chi connectivity index (χ1v) is 12.6. The molecule has 0 bridgehead atoms. The number of rotatable bonds is 10. The molecule has 34 heavy (non-hydrogen) atoms. The number of aromatic nitrogens is 2. The van der Waals surface area contributed by atoms with E-state index in [9.17, 15) is 9.59 Å². The maximum absolute atomic E-state index is 12.7. The molecule has 7 heteroatoms. The van der Waals surface area contributed by atoms with E-state index in [1.165, 1.54) is 0 Å². The Morgan fingerprint density at radius 1 is 1.06 bits per heavy atom. The van der Waals surface area contributed by atoms with Gasteiger partial charge in [0, 0.05) is 17.9 Å². The smallest absolute Gasteiger partial charge is 0.326 e. The fourth-order valence-electron chi connectivity index (χ4n) is 3.75. The van der Waals surface area contributed by atoms with E-state index in [4.69, 9.17) is 9.72 Å². The van der Waals surface area contributed by atoms with Gasteiger partial charge in [0.15, 0.2) is 5.16 Å². The van der Waals surface area contributed by atoms with Gasteiger partial charge in [0.1, 0.15) is 6.54 Å². The van der Waals surface area contributed by atoms with Crippen molar-refractivity contribution >= 4 is 45.4 Å². The van der Waals surface area contributed by atoms with E-state index >= 15 is 0 Å². The molecule has 0 spiro atoms. The van der Waals surface area contributed by atoms with Crippen LogP contribution < -0.4 is 5.32 Å². The summed E-state index contributed by atoms with van der Waals surface area (Å²) in [7, 11) is 0. The second kappa shape index (κ2) is 11.2. The van der Waals surface area contributed by atoms with E-state index < -0.39 is 0 Å². The van der Waals surface area contributed by atoms with E-state index in [2.05, 4.69) is 5.32 Å². The van der Waals surface area contributed by atoms with Crippen molar-refractivity contribution in [1.82, 2.24) is 14.9 Å². The van der Waals surface area contributed by atoms with Crippen LogP contribution in [0.5, 0.6) is 0 Å². The number of para-hydroxylation sites is 2. The molecule has 4 rings (SSSR count). The Kier molecular flexibility index (Phi) is 7.85. The molecule has 1 aromatic heterocycles. The minimum absolute atomic E-state index is 0.0678. The summed E-state index contributed by atoms with van der Waals surface area (Å²) in [6, 6.07) is 21.5. The SMILES string of the molecule is CCC(C)OC(=O)Cn1c(SCCCNC(=O)c2cccc3ccccc23)nc2ccccc21. The van der Waals surface area contributed by atoms with Crippen LogP contribution >= 0.6 is 11.8 Å². The van der Waals surface area contributed by atoms with Crippen molar-refractivity contribution in [2.45, 2.75) is 44.5 Å². The predicted molar refractivity (Wildman–Crippen MR) is 137 cm³/mol. The summed E-state index contributed by atoms with van der Waals surface area (Å²) in [4.78, 5) is 29.8. The molecular formula is C27H29N3O3S. The lowest BCUT2D eigenvalue weighted by molar-refractivity contribution is -0.149. The summed E-state index contributed by atoms with van der Waals surface area (Å²) in [5, 5.41) is 5.81. The number of hydrogen-bond donors (Lipinski definition) is 1. The van der Waals surface area contributed by atoms with E-state index in [0.717, 1.165) is 45.6 Å². The molecule has 1 heterocycles. The molecule has 1 atom stereocenters. The van der Waals surface area contributed by atoms with Gasteiger partial charge in [-0.05, 0) is 48.7 Å². The zero-order valence-corrected chi connectivity index (χ0v) is 20.3. The summed E-state index contributed by atoms with van der Waals surface area (Å²) in [5.74, 6) is 0.433. The molecule has 0 saturated carbocycles. The van der Waals surface area contributed by atoms with E-state index in [1.54, 1.807) is 11.8 Å². The largest absolute Gasteiger partial charge is 0.461 e. The van der Waals surface area contributed by atoms with Crippen LogP contribution in [0.1, 0.15) is 37.0 Å². The Labute approximate surface area is 203 Å². The summed E-state index contributed by atoms with van der Waals surface area (Å²) < 4.78 is 7.39. The number of nitrogens with zero attached hydrogens (tertiary/aromatic N) is 2. The van der Waals surface area contributed by atoms with Crippen LogP contribution in [-0.4, -0.2) is 39.8 Å². The van der Waals surface area contributed by atoms with E-state index in [0.29, 0.717) is 12.1 Å². The number of ether oxygens (including phenoxy) is 1. The van der Waals surface area contributed by atoms with Gasteiger partial charge in [0.05, 0.1) is 17.1 Å². The highest BCUT2D eigenvalue weighted by atomic mass is 32.2. The number of thioether (sulfide) groups is 1. The molecule has 0 saturated heterocycles. The lowest BCUT2D eigenvalue weighted by Crippen LogP contribution is -2.25. The third-order valence-electron chi connectivity index (χ3n) is 5.69. The molecular weight excluding hydrogens is 446 g/mol. The van der Waals surface area contributed by atoms with Crippen LogP contribution in [0.15, 0.2) is 71.9 Å². The lowest BCUT2D eigenvalue weighted by atomic mass is 10.0. The zero-order chi connectivity index (χ0) is 23.9. The van der Waals surface area contributed by atoms with Gasteiger partial charge in [-0.3, -0.25) is 9.59 Å². The number of carbonyl (C=O) groups is 2. The van der Waals surface area contributed by atoms with Gasteiger partial charge >= 0.3 is 5.97 Å². The van der Waals surface area contributed by atoms with Gasteiger partial charge in [-0.25, -0.2) is 4.98 Å². The number of carbonyl (C=O) groups excluding carboxylic acids is 2. The normalized spacial score (nSPS) is 12.1. The quantitative estimate of drug-likeness (QED) is 0.188. The van der Waals surface area contributed by atoms with Crippen molar-refractivity contribution < 1.29 is 14.3 Å². The molecule has 4 aromatic rings. The molecule has 1 unspecified atom stereocenters. The van der Waals surface area contributed by atoms with Crippen molar-refractivity contribution in [3.63, 3.8) is 0 Å². The lowest BCUT2D eigenvalue weighted by Gasteiger charge is -2.13. The molecule has 3 aromatic carbocycles. The summed E-state index contributed by atoms with van der Waals surface area (Å²) in [6.07, 6.45) is 1.45. The number of nitrogens with one attached hydrogen (secondary N) is 1. The molecule has 0 aliphatic rings. The van der Waals surface area contributed by atoms with Crippen LogP contribution in [0.2, 0.25) is 0 Å². The molecule has 0 aliphatic heterocycles.